The Kier molecular flexibility index (Phi) is 3.38. The third kappa shape index (κ3) is 3.12. The third-order valence-electron chi connectivity index (χ3n) is 2.13. The maximum atomic E-state index is 4.17. The molecule has 15 heavy (non-hydrogen) atoms. The molecule has 2 aromatic rings. The van der Waals surface area contributed by atoms with E-state index in [9.17, 15) is 0 Å². The third-order valence-corrected chi connectivity index (χ3v) is 2.13. The Bertz CT molecular complexity index is 370. The van der Waals surface area contributed by atoms with Gasteiger partial charge in [-0.05, 0) is 18.9 Å². The van der Waals surface area contributed by atoms with Crippen LogP contribution < -0.4 is 0 Å². The molecule has 0 amide bonds. The first kappa shape index (κ1) is 9.76. The fraction of sp³-hybridized carbons (Fsp3) is 0.400. The topological polar surface area (TPSA) is 56.5 Å². The summed E-state index contributed by atoms with van der Waals surface area (Å²) in [5, 5.41) is 7.64. The monoisotopic (exact) mass is 203 g/mol. The van der Waals surface area contributed by atoms with Crippen LogP contribution in [0.1, 0.15) is 18.7 Å². The standard InChI is InChI=1S/C10H13N5/c1(2-8-15-9-7-13-14-15)4-10-11-5-3-6-12-10/h3,5-7,9H,1-2,4,8H2. The largest absolute Gasteiger partial charge is 0.253 e. The lowest BCUT2D eigenvalue weighted by Crippen LogP contribution is -2.00. The highest BCUT2D eigenvalue weighted by molar-refractivity contribution is 4.88. The Hall–Kier alpha value is -1.78. The first-order valence-electron chi connectivity index (χ1n) is 5.05. The molecular formula is C10H13N5. The molecule has 2 heterocycles. The van der Waals surface area contributed by atoms with Crippen molar-refractivity contribution in [1.29, 1.82) is 0 Å². The molecule has 0 atom stereocenters. The van der Waals surface area contributed by atoms with E-state index in [2.05, 4.69) is 20.3 Å². The first-order chi connectivity index (χ1) is 7.45. The van der Waals surface area contributed by atoms with Crippen LogP contribution in [0.5, 0.6) is 0 Å². The summed E-state index contributed by atoms with van der Waals surface area (Å²) in [6.07, 6.45) is 10.2. The zero-order valence-electron chi connectivity index (χ0n) is 8.45. The summed E-state index contributed by atoms with van der Waals surface area (Å²) in [4.78, 5) is 8.33. The molecule has 0 spiro atoms. The maximum absolute atomic E-state index is 4.17. The Morgan fingerprint density at radius 1 is 1.07 bits per heavy atom. The van der Waals surface area contributed by atoms with Gasteiger partial charge in [0.1, 0.15) is 5.82 Å². The van der Waals surface area contributed by atoms with Gasteiger partial charge in [0, 0.05) is 31.6 Å². The summed E-state index contributed by atoms with van der Waals surface area (Å²) in [7, 11) is 0. The van der Waals surface area contributed by atoms with Gasteiger partial charge >= 0.3 is 0 Å². The van der Waals surface area contributed by atoms with E-state index in [0.29, 0.717) is 0 Å². The number of nitrogens with zero attached hydrogens (tertiary/aromatic N) is 5. The van der Waals surface area contributed by atoms with E-state index in [1.54, 1.807) is 18.6 Å². The van der Waals surface area contributed by atoms with Crippen LogP contribution in [0.4, 0.5) is 0 Å². The molecule has 0 unspecified atom stereocenters. The second-order valence-electron chi connectivity index (χ2n) is 3.29. The molecule has 0 aliphatic carbocycles. The van der Waals surface area contributed by atoms with Gasteiger partial charge in [-0.25, -0.2) is 9.97 Å². The lowest BCUT2D eigenvalue weighted by Gasteiger charge is -2.00. The molecule has 5 nitrogen and oxygen atoms in total. The molecule has 0 saturated heterocycles. The van der Waals surface area contributed by atoms with E-state index in [-0.39, 0.29) is 0 Å². The number of unbranched alkanes of at least 4 members (excludes halogenated alkanes) is 1. The van der Waals surface area contributed by atoms with Gasteiger partial charge < -0.3 is 0 Å². The molecule has 78 valence electrons. The smallest absolute Gasteiger partial charge is 0.128 e. The van der Waals surface area contributed by atoms with E-state index in [0.717, 1.165) is 31.6 Å². The lowest BCUT2D eigenvalue weighted by atomic mass is 10.2. The summed E-state index contributed by atoms with van der Waals surface area (Å²) >= 11 is 0. The highest BCUT2D eigenvalue weighted by Crippen LogP contribution is 1.99. The summed E-state index contributed by atoms with van der Waals surface area (Å²) < 4.78 is 1.84. The molecule has 2 rings (SSSR count). The SMILES string of the molecule is c1cnc(CCCCn2ccnn2)nc1. The van der Waals surface area contributed by atoms with Crippen molar-refractivity contribution in [3.8, 4) is 0 Å². The molecule has 0 bridgehead atoms. The molecule has 0 aliphatic rings. The minimum Gasteiger partial charge on any atom is -0.253 e. The number of aromatic nitrogens is 5. The van der Waals surface area contributed by atoms with E-state index in [1.807, 2.05) is 16.9 Å². The van der Waals surface area contributed by atoms with Crippen LogP contribution in [0, 0.1) is 0 Å². The van der Waals surface area contributed by atoms with Crippen LogP contribution in [0.25, 0.3) is 0 Å². The normalized spacial score (nSPS) is 10.4. The van der Waals surface area contributed by atoms with Crippen LogP contribution in [-0.4, -0.2) is 25.0 Å². The number of hydrogen-bond acceptors (Lipinski definition) is 4. The van der Waals surface area contributed by atoms with Crippen molar-refractivity contribution in [2.45, 2.75) is 25.8 Å². The number of aryl methyl sites for hydroxylation is 2. The second-order valence-corrected chi connectivity index (χ2v) is 3.29. The van der Waals surface area contributed by atoms with Gasteiger partial charge in [0.25, 0.3) is 0 Å². The Labute approximate surface area is 88.2 Å². The fourth-order valence-corrected chi connectivity index (χ4v) is 1.37. The van der Waals surface area contributed by atoms with E-state index in [4.69, 9.17) is 0 Å². The van der Waals surface area contributed by atoms with Crippen LogP contribution >= 0.6 is 0 Å². The average molecular weight is 203 g/mol. The van der Waals surface area contributed by atoms with Gasteiger partial charge in [0.2, 0.25) is 0 Å². The second kappa shape index (κ2) is 5.19. The molecule has 5 heteroatoms. The van der Waals surface area contributed by atoms with Gasteiger partial charge in [0.05, 0.1) is 6.20 Å². The van der Waals surface area contributed by atoms with Crippen molar-refractivity contribution in [1.82, 2.24) is 25.0 Å². The molecule has 0 saturated carbocycles. The zero-order valence-corrected chi connectivity index (χ0v) is 8.45. The number of hydrogen-bond donors (Lipinski definition) is 0. The van der Waals surface area contributed by atoms with Gasteiger partial charge in [-0.15, -0.1) is 5.10 Å². The van der Waals surface area contributed by atoms with Gasteiger partial charge in [0.15, 0.2) is 0 Å². The van der Waals surface area contributed by atoms with Crippen molar-refractivity contribution in [2.24, 2.45) is 0 Å². The Morgan fingerprint density at radius 2 is 1.93 bits per heavy atom. The average Bonchev–Trinajstić information content (AvgIpc) is 2.79. The Balaban J connectivity index is 1.68. The zero-order chi connectivity index (χ0) is 10.3. The van der Waals surface area contributed by atoms with E-state index < -0.39 is 0 Å². The maximum Gasteiger partial charge on any atom is 0.128 e. The van der Waals surface area contributed by atoms with Crippen LogP contribution in [-0.2, 0) is 13.0 Å². The fourth-order valence-electron chi connectivity index (χ4n) is 1.37. The molecule has 0 aromatic carbocycles. The number of rotatable bonds is 5. The molecule has 2 aromatic heterocycles. The molecule has 0 N–H and O–H groups in total. The highest BCUT2D eigenvalue weighted by atomic mass is 15.4. The summed E-state index contributed by atoms with van der Waals surface area (Å²) in [5.41, 5.74) is 0. The lowest BCUT2D eigenvalue weighted by molar-refractivity contribution is 0.537. The van der Waals surface area contributed by atoms with Crippen molar-refractivity contribution in [3.63, 3.8) is 0 Å². The minimum absolute atomic E-state index is 0.910. The van der Waals surface area contributed by atoms with Crippen LogP contribution in [0.3, 0.4) is 0 Å². The minimum atomic E-state index is 0.910. The van der Waals surface area contributed by atoms with Crippen molar-refractivity contribution < 1.29 is 0 Å². The highest BCUT2D eigenvalue weighted by Gasteiger charge is 1.96. The van der Waals surface area contributed by atoms with Crippen molar-refractivity contribution in [2.75, 3.05) is 0 Å². The van der Waals surface area contributed by atoms with Crippen molar-refractivity contribution in [3.05, 3.63) is 36.7 Å². The van der Waals surface area contributed by atoms with Crippen molar-refractivity contribution >= 4 is 0 Å². The van der Waals surface area contributed by atoms with Gasteiger partial charge in [-0.2, -0.15) is 0 Å². The van der Waals surface area contributed by atoms with E-state index in [1.165, 1.54) is 0 Å². The summed E-state index contributed by atoms with van der Waals surface area (Å²) in [6.45, 7) is 0.910. The predicted octanol–water partition coefficient (Wildman–Crippen LogP) is 1.09. The van der Waals surface area contributed by atoms with Gasteiger partial charge in [-0.1, -0.05) is 5.21 Å². The summed E-state index contributed by atoms with van der Waals surface area (Å²) in [6, 6.07) is 1.83. The van der Waals surface area contributed by atoms with Crippen LogP contribution in [0.15, 0.2) is 30.9 Å². The Morgan fingerprint density at radius 3 is 2.67 bits per heavy atom. The van der Waals surface area contributed by atoms with Crippen LogP contribution in [0.2, 0.25) is 0 Å². The summed E-state index contributed by atoms with van der Waals surface area (Å²) in [5.74, 6) is 0.913. The molecule has 0 radical (unpaired) electrons. The molecule has 0 fully saturated rings. The molecule has 0 aliphatic heterocycles. The first-order valence-corrected chi connectivity index (χ1v) is 5.05. The van der Waals surface area contributed by atoms with Gasteiger partial charge in [-0.3, -0.25) is 4.68 Å². The predicted molar refractivity (Wildman–Crippen MR) is 55.0 cm³/mol. The van der Waals surface area contributed by atoms with E-state index >= 15 is 0 Å². The molecular weight excluding hydrogens is 190 g/mol. The quantitative estimate of drug-likeness (QED) is 0.682.